The van der Waals surface area contributed by atoms with Crippen molar-refractivity contribution in [1.82, 2.24) is 9.55 Å². The maximum absolute atomic E-state index is 12.1. The van der Waals surface area contributed by atoms with E-state index in [0.29, 0.717) is 23.5 Å². The number of aromatic nitrogens is 2. The van der Waals surface area contributed by atoms with Gasteiger partial charge in [0, 0.05) is 17.1 Å². The zero-order valence-electron chi connectivity index (χ0n) is 14.3. The van der Waals surface area contributed by atoms with E-state index >= 15 is 0 Å². The Balaban J connectivity index is 1.84. The molecule has 6 heteroatoms. The van der Waals surface area contributed by atoms with Crippen LogP contribution in [0.1, 0.15) is 23.6 Å². The summed E-state index contributed by atoms with van der Waals surface area (Å²) in [6.07, 6.45) is 0.796. The topological polar surface area (TPSA) is 56.2 Å². The third-order valence-electron chi connectivity index (χ3n) is 4.58. The molecule has 1 N–H and O–H groups in total. The fourth-order valence-electron chi connectivity index (χ4n) is 3.23. The van der Waals surface area contributed by atoms with E-state index in [1.807, 2.05) is 47.9 Å². The van der Waals surface area contributed by atoms with Crippen LogP contribution < -0.4 is 15.6 Å². The average molecular weight is 368 g/mol. The van der Waals surface area contributed by atoms with Crippen LogP contribution in [0.3, 0.4) is 0 Å². The Bertz CT molecular complexity index is 1000. The van der Waals surface area contributed by atoms with Crippen molar-refractivity contribution in [3.63, 3.8) is 0 Å². The van der Waals surface area contributed by atoms with Crippen LogP contribution >= 0.6 is 11.6 Å². The van der Waals surface area contributed by atoms with E-state index in [-0.39, 0.29) is 11.6 Å². The van der Waals surface area contributed by atoms with Gasteiger partial charge in [0.25, 0.3) is 5.56 Å². The van der Waals surface area contributed by atoms with E-state index in [4.69, 9.17) is 16.3 Å². The summed E-state index contributed by atoms with van der Waals surface area (Å²) >= 11 is 6.23. The number of nitrogens with one attached hydrogen (secondary N) is 1. The Morgan fingerprint density at radius 3 is 2.81 bits per heavy atom. The van der Waals surface area contributed by atoms with Crippen molar-refractivity contribution in [2.24, 2.45) is 0 Å². The molecule has 0 saturated carbocycles. The minimum Gasteiger partial charge on any atom is -0.479 e. The first-order chi connectivity index (χ1) is 12.6. The molecule has 2 aromatic carbocycles. The van der Waals surface area contributed by atoms with Gasteiger partial charge in [-0.15, -0.1) is 0 Å². The van der Waals surface area contributed by atoms with E-state index in [2.05, 4.69) is 22.4 Å². The third kappa shape index (κ3) is 3.06. The standard InChI is InChI=1S/C20H18ClN3O2/c1-13-15(21)8-5-9-16(13)22-20-23-18(25)12-19-24(20)17(10-11-26-19)14-6-3-2-4-7-14/h2-9,12,17H,10-11H2,1H3,(H,22,23,25). The van der Waals surface area contributed by atoms with Gasteiger partial charge in [0.05, 0.1) is 18.7 Å². The predicted octanol–water partition coefficient (Wildman–Crippen LogP) is 4.32. The maximum Gasteiger partial charge on any atom is 0.278 e. The highest BCUT2D eigenvalue weighted by Crippen LogP contribution is 2.35. The zero-order valence-corrected chi connectivity index (χ0v) is 15.0. The number of ether oxygens (including phenoxy) is 1. The molecule has 5 nitrogen and oxygen atoms in total. The largest absolute Gasteiger partial charge is 0.479 e. The number of rotatable bonds is 3. The molecule has 0 saturated heterocycles. The van der Waals surface area contributed by atoms with Gasteiger partial charge in [0.2, 0.25) is 11.8 Å². The number of fused-ring (bicyclic) bond motifs is 1. The molecule has 26 heavy (non-hydrogen) atoms. The number of benzene rings is 2. The zero-order chi connectivity index (χ0) is 18.1. The smallest absolute Gasteiger partial charge is 0.278 e. The number of halogens is 1. The maximum atomic E-state index is 12.1. The van der Waals surface area contributed by atoms with Gasteiger partial charge in [0.15, 0.2) is 0 Å². The van der Waals surface area contributed by atoms with Crippen LogP contribution in [0.2, 0.25) is 5.02 Å². The molecule has 1 atom stereocenters. The van der Waals surface area contributed by atoms with Gasteiger partial charge >= 0.3 is 0 Å². The highest BCUT2D eigenvalue weighted by molar-refractivity contribution is 6.31. The lowest BCUT2D eigenvalue weighted by Crippen LogP contribution is -2.28. The lowest BCUT2D eigenvalue weighted by molar-refractivity contribution is 0.218. The third-order valence-corrected chi connectivity index (χ3v) is 4.99. The lowest BCUT2D eigenvalue weighted by Gasteiger charge is -2.31. The molecule has 0 radical (unpaired) electrons. The Morgan fingerprint density at radius 2 is 2.00 bits per heavy atom. The molecule has 1 aliphatic rings. The van der Waals surface area contributed by atoms with Crippen LogP contribution in [0.5, 0.6) is 5.88 Å². The Kier molecular flexibility index (Phi) is 4.39. The van der Waals surface area contributed by atoms with Gasteiger partial charge in [-0.25, -0.2) is 0 Å². The monoisotopic (exact) mass is 367 g/mol. The first kappa shape index (κ1) is 16.7. The van der Waals surface area contributed by atoms with Gasteiger partial charge in [-0.05, 0) is 30.2 Å². The van der Waals surface area contributed by atoms with Crippen molar-refractivity contribution >= 4 is 23.2 Å². The molecule has 0 aliphatic carbocycles. The predicted molar refractivity (Wildman–Crippen MR) is 103 cm³/mol. The van der Waals surface area contributed by atoms with E-state index < -0.39 is 0 Å². The van der Waals surface area contributed by atoms with Crippen LogP contribution in [0, 0.1) is 6.92 Å². The van der Waals surface area contributed by atoms with Crippen molar-refractivity contribution < 1.29 is 4.74 Å². The summed E-state index contributed by atoms with van der Waals surface area (Å²) in [5.74, 6) is 0.971. The second kappa shape index (κ2) is 6.84. The van der Waals surface area contributed by atoms with Crippen LogP contribution in [-0.2, 0) is 0 Å². The van der Waals surface area contributed by atoms with Gasteiger partial charge < -0.3 is 10.1 Å². The normalized spacial score (nSPS) is 15.8. The summed E-state index contributed by atoms with van der Waals surface area (Å²) in [5, 5.41) is 3.92. The highest BCUT2D eigenvalue weighted by Gasteiger charge is 2.25. The second-order valence-corrected chi connectivity index (χ2v) is 6.63. The molecular weight excluding hydrogens is 350 g/mol. The van der Waals surface area contributed by atoms with Crippen molar-refractivity contribution in [3.05, 3.63) is 81.1 Å². The van der Waals surface area contributed by atoms with Crippen molar-refractivity contribution in [3.8, 4) is 5.88 Å². The molecular formula is C20H18ClN3O2. The minimum absolute atomic E-state index is 0.0371. The Morgan fingerprint density at radius 1 is 1.19 bits per heavy atom. The Hall–Kier alpha value is -2.79. The summed E-state index contributed by atoms with van der Waals surface area (Å²) in [7, 11) is 0. The molecule has 1 unspecified atom stereocenters. The number of hydrogen-bond donors (Lipinski definition) is 1. The summed E-state index contributed by atoms with van der Waals surface area (Å²) in [5.41, 5.74) is 2.51. The van der Waals surface area contributed by atoms with E-state index in [9.17, 15) is 4.79 Å². The first-order valence-corrected chi connectivity index (χ1v) is 8.85. The van der Waals surface area contributed by atoms with Crippen LogP contribution in [0.15, 0.2) is 59.4 Å². The summed E-state index contributed by atoms with van der Waals surface area (Å²) in [6, 6.07) is 17.2. The second-order valence-electron chi connectivity index (χ2n) is 6.23. The number of nitrogens with zero attached hydrogens (tertiary/aromatic N) is 2. The fourth-order valence-corrected chi connectivity index (χ4v) is 3.40. The molecule has 2 heterocycles. The molecule has 1 aromatic heterocycles. The van der Waals surface area contributed by atoms with Gasteiger partial charge in [0.1, 0.15) is 0 Å². The summed E-state index contributed by atoms with van der Waals surface area (Å²) in [4.78, 5) is 16.3. The SMILES string of the molecule is Cc1c(Cl)cccc1Nc1nc(=O)cc2n1C(c1ccccc1)CCO2. The molecule has 1 aliphatic heterocycles. The minimum atomic E-state index is -0.341. The quantitative estimate of drug-likeness (QED) is 0.749. The molecule has 0 bridgehead atoms. The van der Waals surface area contributed by atoms with Gasteiger partial charge in [-0.1, -0.05) is 48.0 Å². The summed E-state index contributed by atoms with van der Waals surface area (Å²) in [6.45, 7) is 2.48. The van der Waals surface area contributed by atoms with E-state index in [1.165, 1.54) is 6.07 Å². The van der Waals surface area contributed by atoms with Crippen molar-refractivity contribution in [2.75, 3.05) is 11.9 Å². The van der Waals surface area contributed by atoms with E-state index in [1.54, 1.807) is 0 Å². The van der Waals surface area contributed by atoms with E-state index in [0.717, 1.165) is 23.2 Å². The van der Waals surface area contributed by atoms with Crippen LogP contribution in [0.4, 0.5) is 11.6 Å². The molecule has 132 valence electrons. The van der Waals surface area contributed by atoms with Gasteiger partial charge in [-0.2, -0.15) is 4.98 Å². The number of hydrogen-bond acceptors (Lipinski definition) is 4. The van der Waals surface area contributed by atoms with Crippen LogP contribution in [-0.4, -0.2) is 16.2 Å². The molecule has 0 fully saturated rings. The highest BCUT2D eigenvalue weighted by atomic mass is 35.5. The van der Waals surface area contributed by atoms with Crippen molar-refractivity contribution in [1.29, 1.82) is 0 Å². The summed E-state index contributed by atoms with van der Waals surface area (Å²) < 4.78 is 7.69. The van der Waals surface area contributed by atoms with Gasteiger partial charge in [-0.3, -0.25) is 9.36 Å². The molecule has 3 aromatic rings. The number of anilines is 2. The Labute approximate surface area is 156 Å². The average Bonchev–Trinajstić information content (AvgIpc) is 2.65. The van der Waals surface area contributed by atoms with Crippen LogP contribution in [0.25, 0.3) is 0 Å². The molecule has 4 rings (SSSR count). The molecule has 0 amide bonds. The molecule has 0 spiro atoms. The first-order valence-electron chi connectivity index (χ1n) is 8.47. The lowest BCUT2D eigenvalue weighted by atomic mass is 10.0. The fraction of sp³-hybridized carbons (Fsp3) is 0.200. The van der Waals surface area contributed by atoms with Crippen molar-refractivity contribution in [2.45, 2.75) is 19.4 Å².